The van der Waals surface area contributed by atoms with E-state index in [1.165, 1.54) is 31.2 Å². The van der Waals surface area contributed by atoms with E-state index < -0.39 is 0 Å². The van der Waals surface area contributed by atoms with Gasteiger partial charge in [-0.25, -0.2) is 0 Å². The van der Waals surface area contributed by atoms with Crippen LogP contribution in [0.15, 0.2) is 22.7 Å². The van der Waals surface area contributed by atoms with Crippen LogP contribution in [0.25, 0.3) is 0 Å². The van der Waals surface area contributed by atoms with Crippen LogP contribution in [-0.2, 0) is 4.74 Å². The lowest BCUT2D eigenvalue weighted by molar-refractivity contribution is 0.101. The first-order valence-corrected chi connectivity index (χ1v) is 8.67. The fraction of sp³-hybridized carbons (Fsp3) is 0.625. The molecule has 1 N–H and O–H groups in total. The summed E-state index contributed by atoms with van der Waals surface area (Å²) in [6.45, 7) is 4.06. The maximum absolute atomic E-state index is 6.20. The van der Waals surface area contributed by atoms with Crippen molar-refractivity contribution in [1.82, 2.24) is 5.32 Å². The highest BCUT2D eigenvalue weighted by atomic mass is 79.9. The lowest BCUT2D eigenvalue weighted by Crippen LogP contribution is -2.21. The molecule has 4 heteroatoms. The summed E-state index contributed by atoms with van der Waals surface area (Å²) in [4.78, 5) is 0. The summed E-state index contributed by atoms with van der Waals surface area (Å²) in [7, 11) is 0. The van der Waals surface area contributed by atoms with Crippen LogP contribution in [-0.4, -0.2) is 19.3 Å². The number of ether oxygens (including phenoxy) is 1. The molecule has 0 radical (unpaired) electrons. The summed E-state index contributed by atoms with van der Waals surface area (Å²) in [6.07, 6.45) is 6.44. The Hall–Kier alpha value is -0.0900. The van der Waals surface area contributed by atoms with Crippen molar-refractivity contribution in [3.05, 3.63) is 33.3 Å². The third kappa shape index (κ3) is 4.73. The molecule has 1 fully saturated rings. The van der Waals surface area contributed by atoms with E-state index in [2.05, 4.69) is 40.3 Å². The molecule has 0 aromatic heterocycles. The van der Waals surface area contributed by atoms with Crippen molar-refractivity contribution < 1.29 is 4.74 Å². The summed E-state index contributed by atoms with van der Waals surface area (Å²) >= 11 is 9.65. The molecule has 20 heavy (non-hydrogen) atoms. The third-order valence-electron chi connectivity index (χ3n) is 3.84. The van der Waals surface area contributed by atoms with Crippen LogP contribution in [0.2, 0.25) is 5.02 Å². The summed E-state index contributed by atoms with van der Waals surface area (Å²) in [5.74, 6) is 0. The Labute approximate surface area is 135 Å². The molecule has 1 heterocycles. The molecule has 1 aliphatic rings. The fourth-order valence-electron chi connectivity index (χ4n) is 2.78. The number of hydrogen-bond acceptors (Lipinski definition) is 2. The number of nitrogens with one attached hydrogen (secondary N) is 1. The molecule has 0 saturated carbocycles. The van der Waals surface area contributed by atoms with E-state index in [9.17, 15) is 0 Å². The number of rotatable bonds is 7. The van der Waals surface area contributed by atoms with Crippen molar-refractivity contribution in [2.45, 2.75) is 51.2 Å². The predicted molar refractivity (Wildman–Crippen MR) is 88.4 cm³/mol. The van der Waals surface area contributed by atoms with Crippen LogP contribution < -0.4 is 5.32 Å². The molecule has 2 rings (SSSR count). The van der Waals surface area contributed by atoms with E-state index in [-0.39, 0.29) is 0 Å². The van der Waals surface area contributed by atoms with Gasteiger partial charge in [-0.05, 0) is 72.3 Å². The van der Waals surface area contributed by atoms with Crippen molar-refractivity contribution in [2.75, 3.05) is 13.2 Å². The molecule has 2 atom stereocenters. The topological polar surface area (TPSA) is 21.3 Å². The second-order valence-electron chi connectivity index (χ2n) is 5.35. The van der Waals surface area contributed by atoms with E-state index in [0.29, 0.717) is 12.1 Å². The molecule has 2 nitrogen and oxygen atoms in total. The summed E-state index contributed by atoms with van der Waals surface area (Å²) in [5, 5.41) is 4.34. The second kappa shape index (κ2) is 8.38. The lowest BCUT2D eigenvalue weighted by Gasteiger charge is -2.20. The van der Waals surface area contributed by atoms with Crippen molar-refractivity contribution in [1.29, 1.82) is 0 Å². The zero-order chi connectivity index (χ0) is 14.4. The van der Waals surface area contributed by atoms with Crippen molar-refractivity contribution >= 4 is 27.5 Å². The Bertz CT molecular complexity index is 421. The standard InChI is InChI=1S/C16H23BrClNO/c1-2-19-16(7-3-5-13-6-4-10-20-13)12-8-9-14(17)15(18)11-12/h8-9,11,13,16,19H,2-7,10H2,1H3. The molecule has 112 valence electrons. The van der Waals surface area contributed by atoms with E-state index in [0.717, 1.165) is 29.1 Å². The minimum absolute atomic E-state index is 0.381. The first-order valence-electron chi connectivity index (χ1n) is 7.50. The molecule has 0 spiro atoms. The van der Waals surface area contributed by atoms with Gasteiger partial charge < -0.3 is 10.1 Å². The number of benzene rings is 1. The Morgan fingerprint density at radius 3 is 3.00 bits per heavy atom. The smallest absolute Gasteiger partial charge is 0.0576 e. The highest BCUT2D eigenvalue weighted by molar-refractivity contribution is 9.10. The average Bonchev–Trinajstić information content (AvgIpc) is 2.94. The molecule has 1 aliphatic heterocycles. The van der Waals surface area contributed by atoms with Crippen LogP contribution in [0, 0.1) is 0 Å². The van der Waals surface area contributed by atoms with Crippen LogP contribution in [0.1, 0.15) is 50.6 Å². The zero-order valence-corrected chi connectivity index (χ0v) is 14.3. The largest absolute Gasteiger partial charge is 0.378 e. The molecule has 0 aliphatic carbocycles. The third-order valence-corrected chi connectivity index (χ3v) is 5.07. The SMILES string of the molecule is CCNC(CCCC1CCCO1)c1ccc(Br)c(Cl)c1. The van der Waals surface area contributed by atoms with Crippen LogP contribution in [0.4, 0.5) is 0 Å². The van der Waals surface area contributed by atoms with Gasteiger partial charge in [0.25, 0.3) is 0 Å². The van der Waals surface area contributed by atoms with Gasteiger partial charge in [0.15, 0.2) is 0 Å². The van der Waals surface area contributed by atoms with Crippen LogP contribution >= 0.6 is 27.5 Å². The normalized spacial score (nSPS) is 20.2. The van der Waals surface area contributed by atoms with Gasteiger partial charge in [0.2, 0.25) is 0 Å². The predicted octanol–water partition coefficient (Wildman–Crippen LogP) is 5.10. The van der Waals surface area contributed by atoms with Gasteiger partial charge >= 0.3 is 0 Å². The Balaban J connectivity index is 1.89. The van der Waals surface area contributed by atoms with Gasteiger partial charge in [0.1, 0.15) is 0 Å². The molecule has 1 saturated heterocycles. The van der Waals surface area contributed by atoms with Crippen LogP contribution in [0.3, 0.4) is 0 Å². The highest BCUT2D eigenvalue weighted by Crippen LogP contribution is 2.29. The first kappa shape index (κ1) is 16.3. The molecular weight excluding hydrogens is 338 g/mol. The van der Waals surface area contributed by atoms with Crippen LogP contribution in [0.5, 0.6) is 0 Å². The average molecular weight is 361 g/mol. The van der Waals surface area contributed by atoms with Gasteiger partial charge in [-0.15, -0.1) is 0 Å². The summed E-state index contributed by atoms with van der Waals surface area (Å²) in [5.41, 5.74) is 1.27. The highest BCUT2D eigenvalue weighted by Gasteiger charge is 2.17. The van der Waals surface area contributed by atoms with Gasteiger partial charge in [0.05, 0.1) is 11.1 Å². The van der Waals surface area contributed by atoms with Gasteiger partial charge in [-0.3, -0.25) is 0 Å². The maximum atomic E-state index is 6.20. The van der Waals surface area contributed by atoms with Gasteiger partial charge in [-0.1, -0.05) is 24.6 Å². The Kier molecular flexibility index (Phi) is 6.82. The molecule has 0 bridgehead atoms. The quantitative estimate of drug-likeness (QED) is 0.730. The molecule has 1 aromatic rings. The summed E-state index contributed by atoms with van der Waals surface area (Å²) in [6, 6.07) is 6.62. The Morgan fingerprint density at radius 2 is 2.35 bits per heavy atom. The molecule has 1 aromatic carbocycles. The second-order valence-corrected chi connectivity index (χ2v) is 6.61. The fourth-order valence-corrected chi connectivity index (χ4v) is 3.22. The number of halogens is 2. The summed E-state index contributed by atoms with van der Waals surface area (Å²) < 4.78 is 6.64. The Morgan fingerprint density at radius 1 is 1.50 bits per heavy atom. The van der Waals surface area contributed by atoms with Gasteiger partial charge in [0, 0.05) is 17.1 Å². The molecule has 0 amide bonds. The van der Waals surface area contributed by atoms with E-state index in [1.54, 1.807) is 0 Å². The maximum Gasteiger partial charge on any atom is 0.0576 e. The van der Waals surface area contributed by atoms with Crippen molar-refractivity contribution in [2.24, 2.45) is 0 Å². The van der Waals surface area contributed by atoms with Crippen molar-refractivity contribution in [3.8, 4) is 0 Å². The lowest BCUT2D eigenvalue weighted by atomic mass is 9.99. The van der Waals surface area contributed by atoms with E-state index in [4.69, 9.17) is 16.3 Å². The zero-order valence-electron chi connectivity index (χ0n) is 12.0. The molecule has 2 unspecified atom stereocenters. The minimum atomic E-state index is 0.381. The minimum Gasteiger partial charge on any atom is -0.378 e. The van der Waals surface area contributed by atoms with Crippen molar-refractivity contribution in [3.63, 3.8) is 0 Å². The molecular formula is C16H23BrClNO. The van der Waals surface area contributed by atoms with E-state index in [1.807, 2.05) is 6.07 Å². The van der Waals surface area contributed by atoms with Gasteiger partial charge in [-0.2, -0.15) is 0 Å². The monoisotopic (exact) mass is 359 g/mol. The first-order chi connectivity index (χ1) is 9.70. The van der Waals surface area contributed by atoms with E-state index >= 15 is 0 Å². The number of hydrogen-bond donors (Lipinski definition) is 1.